The van der Waals surface area contributed by atoms with E-state index in [1.807, 2.05) is 38.1 Å². The van der Waals surface area contributed by atoms with Gasteiger partial charge in [-0.25, -0.2) is 0 Å². The summed E-state index contributed by atoms with van der Waals surface area (Å²) in [5, 5.41) is 6.09. The molecular formula is C14H21BrN2O2. The van der Waals surface area contributed by atoms with Crippen LogP contribution in [0.5, 0.6) is 0 Å². The number of rotatable bonds is 7. The maximum Gasteiger partial charge on any atom is 0.236 e. The molecule has 2 atom stereocenters. The summed E-state index contributed by atoms with van der Waals surface area (Å²) in [6.07, 6.45) is 0. The third-order valence-electron chi connectivity index (χ3n) is 2.87. The normalized spacial score (nSPS) is 13.9. The number of carbonyl (C=O) groups is 1. The number of hydrogen-bond acceptors (Lipinski definition) is 3. The number of carbonyl (C=O) groups excluding carboxylic acids is 1. The highest BCUT2D eigenvalue weighted by Crippen LogP contribution is 2.16. The molecule has 0 aliphatic rings. The quantitative estimate of drug-likeness (QED) is 0.755. The monoisotopic (exact) mass is 328 g/mol. The van der Waals surface area contributed by atoms with Crippen LogP contribution in [0, 0.1) is 0 Å². The summed E-state index contributed by atoms with van der Waals surface area (Å²) in [6, 6.07) is 7.95. The van der Waals surface area contributed by atoms with Gasteiger partial charge < -0.3 is 10.1 Å². The molecule has 5 heteroatoms. The number of amides is 1. The van der Waals surface area contributed by atoms with Crippen molar-refractivity contribution in [1.29, 1.82) is 0 Å². The minimum atomic E-state index is -0.240. The van der Waals surface area contributed by atoms with Crippen LogP contribution in [0.4, 0.5) is 0 Å². The van der Waals surface area contributed by atoms with E-state index in [9.17, 15) is 4.79 Å². The van der Waals surface area contributed by atoms with Crippen LogP contribution in [0.2, 0.25) is 0 Å². The summed E-state index contributed by atoms with van der Waals surface area (Å²) in [7, 11) is 1.61. The molecule has 1 amide bonds. The summed E-state index contributed by atoms with van der Waals surface area (Å²) in [4.78, 5) is 11.8. The number of ether oxygens (including phenoxy) is 1. The molecule has 0 radical (unpaired) electrons. The Hall–Kier alpha value is -0.910. The number of halogens is 1. The summed E-state index contributed by atoms with van der Waals surface area (Å²) < 4.78 is 5.94. The van der Waals surface area contributed by atoms with Crippen LogP contribution in [0.25, 0.3) is 0 Å². The van der Waals surface area contributed by atoms with E-state index < -0.39 is 0 Å². The van der Waals surface area contributed by atoms with Crippen molar-refractivity contribution < 1.29 is 9.53 Å². The molecule has 0 aromatic heterocycles. The highest BCUT2D eigenvalue weighted by atomic mass is 79.9. The summed E-state index contributed by atoms with van der Waals surface area (Å²) in [5.74, 6) is -0.0130. The Balaban J connectivity index is 2.44. The number of benzene rings is 1. The second-order valence-electron chi connectivity index (χ2n) is 4.45. The molecule has 19 heavy (non-hydrogen) atoms. The van der Waals surface area contributed by atoms with Crippen molar-refractivity contribution in [3.05, 3.63) is 34.3 Å². The third kappa shape index (κ3) is 5.72. The predicted octanol–water partition coefficient (Wildman–Crippen LogP) is 2.25. The van der Waals surface area contributed by atoms with Gasteiger partial charge in [0.2, 0.25) is 5.91 Å². The topological polar surface area (TPSA) is 50.4 Å². The molecule has 0 saturated carbocycles. The zero-order valence-corrected chi connectivity index (χ0v) is 13.2. The van der Waals surface area contributed by atoms with Crippen LogP contribution >= 0.6 is 15.9 Å². The van der Waals surface area contributed by atoms with E-state index in [0.717, 1.165) is 10.0 Å². The molecule has 0 fully saturated rings. The van der Waals surface area contributed by atoms with Gasteiger partial charge in [0.25, 0.3) is 0 Å². The first-order valence-electron chi connectivity index (χ1n) is 6.32. The van der Waals surface area contributed by atoms with E-state index in [2.05, 4.69) is 26.6 Å². The molecule has 1 rings (SSSR count). The zero-order chi connectivity index (χ0) is 14.3. The molecule has 1 aromatic rings. The standard InChI is InChI=1S/C14H21BrN2O2/c1-10(12-4-6-13(15)7-5-12)17-11(2)14(18)16-8-9-19-3/h4-7,10-11,17H,8-9H2,1-3H3,(H,16,18). The minimum absolute atomic E-state index is 0.0130. The van der Waals surface area contributed by atoms with E-state index in [-0.39, 0.29) is 18.0 Å². The molecule has 0 heterocycles. The van der Waals surface area contributed by atoms with E-state index in [0.29, 0.717) is 13.2 Å². The molecule has 4 nitrogen and oxygen atoms in total. The van der Waals surface area contributed by atoms with Crippen LogP contribution in [-0.2, 0) is 9.53 Å². The molecule has 106 valence electrons. The fraction of sp³-hybridized carbons (Fsp3) is 0.500. The average Bonchev–Trinajstić information content (AvgIpc) is 2.39. The van der Waals surface area contributed by atoms with Crippen molar-refractivity contribution in [2.75, 3.05) is 20.3 Å². The van der Waals surface area contributed by atoms with Gasteiger partial charge in [-0.05, 0) is 31.5 Å². The van der Waals surface area contributed by atoms with Gasteiger partial charge in [0.05, 0.1) is 12.6 Å². The Labute approximate surface area is 123 Å². The lowest BCUT2D eigenvalue weighted by atomic mass is 10.1. The van der Waals surface area contributed by atoms with E-state index in [1.165, 1.54) is 0 Å². The van der Waals surface area contributed by atoms with Gasteiger partial charge in [0.15, 0.2) is 0 Å². The van der Waals surface area contributed by atoms with Gasteiger partial charge in [-0.3, -0.25) is 10.1 Å². The van der Waals surface area contributed by atoms with Crippen molar-refractivity contribution in [3.63, 3.8) is 0 Å². The van der Waals surface area contributed by atoms with Crippen molar-refractivity contribution in [1.82, 2.24) is 10.6 Å². The van der Waals surface area contributed by atoms with Crippen molar-refractivity contribution >= 4 is 21.8 Å². The van der Waals surface area contributed by atoms with Crippen LogP contribution in [0.3, 0.4) is 0 Å². The second-order valence-corrected chi connectivity index (χ2v) is 5.36. The summed E-state index contributed by atoms with van der Waals surface area (Å²) in [5.41, 5.74) is 1.15. The van der Waals surface area contributed by atoms with Crippen LogP contribution < -0.4 is 10.6 Å². The minimum Gasteiger partial charge on any atom is -0.383 e. The number of hydrogen-bond donors (Lipinski definition) is 2. The third-order valence-corrected chi connectivity index (χ3v) is 3.40. The lowest BCUT2D eigenvalue weighted by Gasteiger charge is -2.20. The Morgan fingerprint density at radius 2 is 1.95 bits per heavy atom. The van der Waals surface area contributed by atoms with E-state index in [4.69, 9.17) is 4.74 Å². The average molecular weight is 329 g/mol. The molecule has 0 aliphatic heterocycles. The fourth-order valence-electron chi connectivity index (χ4n) is 1.73. The van der Waals surface area contributed by atoms with Crippen LogP contribution in [-0.4, -0.2) is 32.2 Å². The molecule has 0 spiro atoms. The highest BCUT2D eigenvalue weighted by molar-refractivity contribution is 9.10. The van der Waals surface area contributed by atoms with Gasteiger partial charge in [-0.15, -0.1) is 0 Å². The lowest BCUT2D eigenvalue weighted by Crippen LogP contribution is -2.44. The van der Waals surface area contributed by atoms with Gasteiger partial charge in [-0.2, -0.15) is 0 Å². The lowest BCUT2D eigenvalue weighted by molar-refractivity contribution is -0.123. The second kappa shape index (κ2) is 8.30. The number of methoxy groups -OCH3 is 1. The first kappa shape index (κ1) is 16.1. The Bertz CT molecular complexity index is 395. The smallest absolute Gasteiger partial charge is 0.236 e. The van der Waals surface area contributed by atoms with Crippen molar-refractivity contribution in [3.8, 4) is 0 Å². The zero-order valence-electron chi connectivity index (χ0n) is 11.6. The molecule has 0 saturated heterocycles. The molecule has 1 aromatic carbocycles. The molecular weight excluding hydrogens is 308 g/mol. The first-order chi connectivity index (χ1) is 9.04. The Morgan fingerprint density at radius 1 is 1.32 bits per heavy atom. The van der Waals surface area contributed by atoms with Crippen LogP contribution in [0.15, 0.2) is 28.7 Å². The first-order valence-corrected chi connectivity index (χ1v) is 7.12. The fourth-order valence-corrected chi connectivity index (χ4v) is 1.99. The van der Waals surface area contributed by atoms with Gasteiger partial charge in [-0.1, -0.05) is 28.1 Å². The summed E-state index contributed by atoms with van der Waals surface area (Å²) >= 11 is 3.41. The maximum atomic E-state index is 11.8. The maximum absolute atomic E-state index is 11.8. The van der Waals surface area contributed by atoms with Crippen molar-refractivity contribution in [2.45, 2.75) is 25.9 Å². The molecule has 2 N–H and O–H groups in total. The van der Waals surface area contributed by atoms with Gasteiger partial charge in [0.1, 0.15) is 0 Å². The molecule has 0 bridgehead atoms. The summed E-state index contributed by atoms with van der Waals surface area (Å²) in [6.45, 7) is 4.97. The van der Waals surface area contributed by atoms with Gasteiger partial charge >= 0.3 is 0 Å². The van der Waals surface area contributed by atoms with E-state index in [1.54, 1.807) is 7.11 Å². The predicted molar refractivity (Wildman–Crippen MR) is 80.0 cm³/mol. The highest BCUT2D eigenvalue weighted by Gasteiger charge is 2.15. The molecule has 2 unspecified atom stereocenters. The Kier molecular flexibility index (Phi) is 7.05. The largest absolute Gasteiger partial charge is 0.383 e. The van der Waals surface area contributed by atoms with Crippen LogP contribution in [0.1, 0.15) is 25.5 Å². The molecule has 0 aliphatic carbocycles. The number of nitrogens with one attached hydrogen (secondary N) is 2. The van der Waals surface area contributed by atoms with Crippen molar-refractivity contribution in [2.24, 2.45) is 0 Å². The SMILES string of the molecule is COCCNC(=O)C(C)NC(C)c1ccc(Br)cc1. The Morgan fingerprint density at radius 3 is 2.53 bits per heavy atom. The van der Waals surface area contributed by atoms with E-state index >= 15 is 0 Å². The van der Waals surface area contributed by atoms with Gasteiger partial charge in [0, 0.05) is 24.2 Å².